The van der Waals surface area contributed by atoms with Crippen molar-refractivity contribution in [1.29, 1.82) is 0 Å². The Morgan fingerprint density at radius 3 is 2.46 bits per heavy atom. The van der Waals surface area contributed by atoms with E-state index < -0.39 is 6.04 Å². The van der Waals surface area contributed by atoms with Gasteiger partial charge in [0.1, 0.15) is 6.04 Å². The largest absolute Gasteiger partial charge is 0.354 e. The van der Waals surface area contributed by atoms with Gasteiger partial charge < -0.3 is 10.6 Å². The molecule has 2 N–H and O–H groups in total. The number of hydrogen-bond acceptors (Lipinski definition) is 2. The van der Waals surface area contributed by atoms with Gasteiger partial charge in [-0.2, -0.15) is 0 Å². The number of rotatable bonds is 5. The number of nitrogens with one attached hydrogen (secondary N) is 2. The van der Waals surface area contributed by atoms with Gasteiger partial charge in [0.2, 0.25) is 11.8 Å². The first kappa shape index (κ1) is 11.7. The fourth-order valence-corrected chi connectivity index (χ4v) is 0.791. The first-order valence-electron chi connectivity index (χ1n) is 4.35. The molecular formula is C9H16N2O2. The minimum absolute atomic E-state index is 0.156. The Morgan fingerprint density at radius 2 is 2.08 bits per heavy atom. The zero-order valence-electron chi connectivity index (χ0n) is 8.09. The molecule has 0 radical (unpaired) electrons. The van der Waals surface area contributed by atoms with E-state index >= 15 is 0 Å². The van der Waals surface area contributed by atoms with Crippen molar-refractivity contribution in [2.45, 2.75) is 26.3 Å². The van der Waals surface area contributed by atoms with Crippen LogP contribution in [0.4, 0.5) is 0 Å². The highest BCUT2D eigenvalue weighted by Crippen LogP contribution is 1.87. The van der Waals surface area contributed by atoms with Gasteiger partial charge in [0.25, 0.3) is 0 Å². The molecule has 0 spiro atoms. The molecule has 1 unspecified atom stereocenters. The highest BCUT2D eigenvalue weighted by molar-refractivity contribution is 5.88. The van der Waals surface area contributed by atoms with Crippen molar-refractivity contribution < 1.29 is 9.59 Å². The molecular weight excluding hydrogens is 168 g/mol. The van der Waals surface area contributed by atoms with E-state index in [1.807, 2.05) is 6.92 Å². The van der Waals surface area contributed by atoms with Gasteiger partial charge in [-0.3, -0.25) is 9.59 Å². The zero-order valence-corrected chi connectivity index (χ0v) is 8.09. The number of amides is 2. The van der Waals surface area contributed by atoms with Gasteiger partial charge in [0, 0.05) is 13.0 Å². The summed E-state index contributed by atoms with van der Waals surface area (Å²) < 4.78 is 0. The molecule has 4 heteroatoms. The molecule has 0 bridgehead atoms. The molecule has 1 atom stereocenters. The summed E-state index contributed by atoms with van der Waals surface area (Å²) in [6.07, 6.45) is 1.78. The molecule has 0 aromatic rings. The molecule has 0 aromatic carbocycles. The second-order valence-electron chi connectivity index (χ2n) is 2.53. The Balaban J connectivity index is 4.09. The van der Waals surface area contributed by atoms with Crippen LogP contribution in [0.1, 0.15) is 20.3 Å². The van der Waals surface area contributed by atoms with Crippen LogP contribution in [0, 0.1) is 0 Å². The SMILES string of the molecule is C=CC(NC(=O)CC)C(=O)NCC. The lowest BCUT2D eigenvalue weighted by Crippen LogP contribution is -2.45. The van der Waals surface area contributed by atoms with Crippen LogP contribution in [0.15, 0.2) is 12.7 Å². The summed E-state index contributed by atoms with van der Waals surface area (Å²) in [6, 6.07) is -0.618. The van der Waals surface area contributed by atoms with Gasteiger partial charge in [-0.15, -0.1) is 6.58 Å². The summed E-state index contributed by atoms with van der Waals surface area (Å²) >= 11 is 0. The van der Waals surface area contributed by atoms with Crippen LogP contribution >= 0.6 is 0 Å². The average Bonchev–Trinajstić information content (AvgIpc) is 2.14. The van der Waals surface area contributed by atoms with Crippen LogP contribution in [0.3, 0.4) is 0 Å². The Labute approximate surface area is 78.4 Å². The van der Waals surface area contributed by atoms with Gasteiger partial charge in [-0.1, -0.05) is 13.0 Å². The minimum Gasteiger partial charge on any atom is -0.354 e. The summed E-state index contributed by atoms with van der Waals surface area (Å²) in [7, 11) is 0. The van der Waals surface area contributed by atoms with E-state index in [2.05, 4.69) is 17.2 Å². The van der Waals surface area contributed by atoms with Crippen LogP contribution in [0.25, 0.3) is 0 Å². The van der Waals surface area contributed by atoms with E-state index in [9.17, 15) is 9.59 Å². The third-order valence-corrected chi connectivity index (χ3v) is 1.51. The fourth-order valence-electron chi connectivity index (χ4n) is 0.791. The van der Waals surface area contributed by atoms with Crippen LogP contribution in [0.5, 0.6) is 0 Å². The molecule has 0 saturated heterocycles. The van der Waals surface area contributed by atoms with Gasteiger partial charge in [0.05, 0.1) is 0 Å². The normalized spacial score (nSPS) is 11.5. The topological polar surface area (TPSA) is 58.2 Å². The van der Waals surface area contributed by atoms with Crippen molar-refractivity contribution in [3.05, 3.63) is 12.7 Å². The van der Waals surface area contributed by atoms with E-state index in [0.29, 0.717) is 13.0 Å². The summed E-state index contributed by atoms with van der Waals surface area (Å²) in [4.78, 5) is 22.2. The molecule has 13 heavy (non-hydrogen) atoms. The average molecular weight is 184 g/mol. The molecule has 0 rings (SSSR count). The zero-order chi connectivity index (χ0) is 10.3. The number of carbonyl (C=O) groups is 2. The molecule has 0 fully saturated rings. The Kier molecular flexibility index (Phi) is 5.59. The van der Waals surface area contributed by atoms with E-state index in [-0.39, 0.29) is 11.8 Å². The van der Waals surface area contributed by atoms with Crippen molar-refractivity contribution in [2.24, 2.45) is 0 Å². The Hall–Kier alpha value is -1.32. The molecule has 0 aliphatic carbocycles. The molecule has 0 saturated carbocycles. The summed E-state index contributed by atoms with van der Waals surface area (Å²) in [6.45, 7) is 7.57. The van der Waals surface area contributed by atoms with Gasteiger partial charge in [0.15, 0.2) is 0 Å². The highest BCUT2D eigenvalue weighted by Gasteiger charge is 2.14. The molecule has 74 valence electrons. The fraction of sp³-hybridized carbons (Fsp3) is 0.556. The molecule has 0 aliphatic rings. The predicted octanol–water partition coefficient (Wildman–Crippen LogP) is 0.203. The number of likely N-dealkylation sites (N-methyl/N-ethyl adjacent to an activating group) is 1. The lowest BCUT2D eigenvalue weighted by Gasteiger charge is -2.13. The van der Waals surface area contributed by atoms with Gasteiger partial charge in [-0.05, 0) is 6.92 Å². The van der Waals surface area contributed by atoms with Gasteiger partial charge >= 0.3 is 0 Å². The van der Waals surface area contributed by atoms with Crippen LogP contribution < -0.4 is 10.6 Å². The lowest BCUT2D eigenvalue weighted by molar-refractivity contribution is -0.127. The Bertz CT molecular complexity index is 202. The van der Waals surface area contributed by atoms with Crippen LogP contribution in [-0.2, 0) is 9.59 Å². The summed E-state index contributed by atoms with van der Waals surface area (Å²) in [5.41, 5.74) is 0. The third kappa shape index (κ3) is 4.30. The molecule has 4 nitrogen and oxygen atoms in total. The lowest BCUT2D eigenvalue weighted by atomic mass is 10.2. The minimum atomic E-state index is -0.618. The van der Waals surface area contributed by atoms with Crippen molar-refractivity contribution in [1.82, 2.24) is 10.6 Å². The maximum absolute atomic E-state index is 11.2. The summed E-state index contributed by atoms with van der Waals surface area (Å²) in [5.74, 6) is -0.379. The molecule has 0 heterocycles. The third-order valence-electron chi connectivity index (χ3n) is 1.51. The predicted molar refractivity (Wildman–Crippen MR) is 51.1 cm³/mol. The summed E-state index contributed by atoms with van der Waals surface area (Å²) in [5, 5.41) is 5.13. The number of hydrogen-bond donors (Lipinski definition) is 2. The quantitative estimate of drug-likeness (QED) is 0.600. The van der Waals surface area contributed by atoms with Crippen LogP contribution in [-0.4, -0.2) is 24.4 Å². The van der Waals surface area contributed by atoms with Crippen molar-refractivity contribution >= 4 is 11.8 Å². The Morgan fingerprint density at radius 1 is 1.46 bits per heavy atom. The first-order valence-corrected chi connectivity index (χ1v) is 4.35. The van der Waals surface area contributed by atoms with E-state index in [1.165, 1.54) is 6.08 Å². The smallest absolute Gasteiger partial charge is 0.246 e. The monoisotopic (exact) mass is 184 g/mol. The number of carbonyl (C=O) groups excluding carboxylic acids is 2. The van der Waals surface area contributed by atoms with Crippen molar-refractivity contribution in [3.63, 3.8) is 0 Å². The van der Waals surface area contributed by atoms with Gasteiger partial charge in [-0.25, -0.2) is 0 Å². The maximum Gasteiger partial charge on any atom is 0.246 e. The van der Waals surface area contributed by atoms with Crippen molar-refractivity contribution in [3.8, 4) is 0 Å². The second-order valence-corrected chi connectivity index (χ2v) is 2.53. The standard InChI is InChI=1S/C9H16N2O2/c1-4-7(9(13)10-6-3)11-8(12)5-2/h4,7H,1,5-6H2,2-3H3,(H,10,13)(H,11,12). The molecule has 0 aliphatic heterocycles. The highest BCUT2D eigenvalue weighted by atomic mass is 16.2. The van der Waals surface area contributed by atoms with Crippen molar-refractivity contribution in [2.75, 3.05) is 6.54 Å². The molecule has 2 amide bonds. The maximum atomic E-state index is 11.2. The molecule has 0 aromatic heterocycles. The first-order chi connectivity index (χ1) is 6.15. The van der Waals surface area contributed by atoms with E-state index in [1.54, 1.807) is 6.92 Å². The van der Waals surface area contributed by atoms with E-state index in [0.717, 1.165) is 0 Å². The van der Waals surface area contributed by atoms with Crippen LogP contribution in [0.2, 0.25) is 0 Å². The second kappa shape index (κ2) is 6.22. The van der Waals surface area contributed by atoms with E-state index in [4.69, 9.17) is 0 Å².